The molecule has 1 atom stereocenters. The molecular weight excluding hydrogens is 409 g/mol. The minimum Gasteiger partial charge on any atom is -0.405 e. The molecule has 1 aromatic heterocycles. The molecule has 0 spiro atoms. The molecule has 1 fully saturated rings. The van der Waals surface area contributed by atoms with Crippen LogP contribution in [0.5, 0.6) is 5.75 Å². The molecule has 3 rings (SSSR count). The molecule has 0 saturated carbocycles. The topological polar surface area (TPSA) is 122 Å². The number of para-hydroxylation sites is 1. The largest absolute Gasteiger partial charge is 0.573 e. The highest BCUT2D eigenvalue weighted by Crippen LogP contribution is 2.26. The minimum atomic E-state index is -4.89. The fourth-order valence-electron chi connectivity index (χ4n) is 2.99. The van der Waals surface area contributed by atoms with Gasteiger partial charge in [-0.2, -0.15) is 0 Å². The van der Waals surface area contributed by atoms with Crippen molar-refractivity contribution in [1.29, 1.82) is 0 Å². The first kappa shape index (κ1) is 21.1. The van der Waals surface area contributed by atoms with Crippen LogP contribution in [0.25, 0.3) is 0 Å². The summed E-state index contributed by atoms with van der Waals surface area (Å²) in [6.45, 7) is -0.367. The molecule has 0 aliphatic carbocycles. The third-order valence-electron chi connectivity index (χ3n) is 4.39. The van der Waals surface area contributed by atoms with Gasteiger partial charge in [-0.25, -0.2) is 4.79 Å². The van der Waals surface area contributed by atoms with Crippen LogP contribution in [0.3, 0.4) is 0 Å². The van der Waals surface area contributed by atoms with Gasteiger partial charge in [-0.15, -0.1) is 13.2 Å². The molecule has 2 amide bonds. The van der Waals surface area contributed by atoms with E-state index < -0.39 is 29.3 Å². The second kappa shape index (κ2) is 8.43. The lowest BCUT2D eigenvalue weighted by molar-refractivity contribution is -0.274. The number of carbonyl (C=O) groups is 2. The van der Waals surface area contributed by atoms with Crippen LogP contribution >= 0.6 is 0 Å². The molecular formula is C18H17F3N4O5. The van der Waals surface area contributed by atoms with Gasteiger partial charge in [0.05, 0.1) is 6.54 Å². The van der Waals surface area contributed by atoms with E-state index in [4.69, 9.17) is 0 Å². The number of carbonyl (C=O) groups excluding carboxylic acids is 2. The van der Waals surface area contributed by atoms with Gasteiger partial charge in [-0.1, -0.05) is 18.2 Å². The predicted molar refractivity (Wildman–Crippen MR) is 96.8 cm³/mol. The van der Waals surface area contributed by atoms with Crippen molar-refractivity contribution in [1.82, 2.24) is 20.2 Å². The van der Waals surface area contributed by atoms with Crippen LogP contribution in [0.2, 0.25) is 0 Å². The van der Waals surface area contributed by atoms with E-state index in [1.807, 2.05) is 0 Å². The molecule has 9 nitrogen and oxygen atoms in total. The number of benzene rings is 1. The maximum Gasteiger partial charge on any atom is 0.573 e. The Bertz CT molecular complexity index is 1050. The Morgan fingerprint density at radius 1 is 1.23 bits per heavy atom. The number of nitrogens with one attached hydrogen (secondary N) is 3. The summed E-state index contributed by atoms with van der Waals surface area (Å²) >= 11 is 0. The number of H-pyrrole nitrogens is 1. The molecule has 1 aliphatic rings. The Kier molecular flexibility index (Phi) is 5.94. The van der Waals surface area contributed by atoms with Crippen LogP contribution in [0.1, 0.15) is 28.9 Å². The highest BCUT2D eigenvalue weighted by atomic mass is 19.4. The van der Waals surface area contributed by atoms with Crippen molar-refractivity contribution < 1.29 is 27.5 Å². The predicted octanol–water partition coefficient (Wildman–Crippen LogP) is 0.644. The van der Waals surface area contributed by atoms with E-state index >= 15 is 0 Å². The molecule has 2 aromatic rings. The average Bonchev–Trinajstić information content (AvgIpc) is 3.07. The molecule has 0 radical (unpaired) electrons. The van der Waals surface area contributed by atoms with Gasteiger partial charge in [0, 0.05) is 30.6 Å². The number of aromatic amines is 1. The van der Waals surface area contributed by atoms with Gasteiger partial charge in [-0.05, 0) is 12.5 Å². The van der Waals surface area contributed by atoms with E-state index in [1.54, 1.807) is 0 Å². The van der Waals surface area contributed by atoms with Crippen molar-refractivity contribution in [3.8, 4) is 5.75 Å². The van der Waals surface area contributed by atoms with E-state index in [9.17, 15) is 32.3 Å². The number of halogens is 3. The van der Waals surface area contributed by atoms with Crippen molar-refractivity contribution in [2.45, 2.75) is 38.3 Å². The maximum absolute atomic E-state index is 12.5. The fraction of sp³-hybridized carbons (Fsp3) is 0.333. The molecule has 12 heteroatoms. The van der Waals surface area contributed by atoms with E-state index in [0.29, 0.717) is 12.8 Å². The number of ether oxygens (including phenoxy) is 1. The van der Waals surface area contributed by atoms with Gasteiger partial charge < -0.3 is 20.4 Å². The molecule has 30 heavy (non-hydrogen) atoms. The quantitative estimate of drug-likeness (QED) is 0.626. The molecule has 2 heterocycles. The summed E-state index contributed by atoms with van der Waals surface area (Å²) < 4.78 is 42.2. The molecule has 1 aliphatic heterocycles. The molecule has 0 bridgehead atoms. The fourth-order valence-corrected chi connectivity index (χ4v) is 2.99. The maximum atomic E-state index is 12.5. The summed E-state index contributed by atoms with van der Waals surface area (Å²) in [5.74, 6) is -1.50. The summed E-state index contributed by atoms with van der Waals surface area (Å²) in [5.41, 5.74) is -1.87. The second-order valence-electron chi connectivity index (χ2n) is 6.58. The number of aromatic nitrogens is 2. The molecule has 3 N–H and O–H groups in total. The first-order valence-electron chi connectivity index (χ1n) is 8.88. The Morgan fingerprint density at radius 3 is 2.60 bits per heavy atom. The van der Waals surface area contributed by atoms with Crippen molar-refractivity contribution in [3.05, 3.63) is 62.4 Å². The van der Waals surface area contributed by atoms with Crippen molar-refractivity contribution in [2.75, 3.05) is 0 Å². The van der Waals surface area contributed by atoms with Crippen LogP contribution < -0.4 is 26.6 Å². The Hall–Kier alpha value is -3.57. The van der Waals surface area contributed by atoms with Gasteiger partial charge in [0.2, 0.25) is 5.91 Å². The van der Waals surface area contributed by atoms with E-state index in [-0.39, 0.29) is 36.3 Å². The first-order chi connectivity index (χ1) is 14.1. The molecule has 1 saturated heterocycles. The summed E-state index contributed by atoms with van der Waals surface area (Å²) in [6.07, 6.45) is -4.11. The van der Waals surface area contributed by atoms with Crippen LogP contribution in [0.15, 0.2) is 39.9 Å². The molecule has 160 valence electrons. The van der Waals surface area contributed by atoms with Gasteiger partial charge in [-0.3, -0.25) is 19.0 Å². The zero-order valence-corrected chi connectivity index (χ0v) is 15.4. The van der Waals surface area contributed by atoms with Crippen molar-refractivity contribution >= 4 is 11.8 Å². The number of rotatable bonds is 6. The zero-order chi connectivity index (χ0) is 21.9. The molecule has 1 unspecified atom stereocenters. The Labute approximate surface area is 166 Å². The third-order valence-corrected chi connectivity index (χ3v) is 4.39. The Balaban J connectivity index is 1.70. The monoisotopic (exact) mass is 426 g/mol. The van der Waals surface area contributed by atoms with Crippen LogP contribution in [-0.2, 0) is 17.9 Å². The van der Waals surface area contributed by atoms with Crippen molar-refractivity contribution in [2.24, 2.45) is 0 Å². The lowest BCUT2D eigenvalue weighted by Crippen LogP contribution is -2.42. The highest BCUT2D eigenvalue weighted by Gasteiger charge is 2.32. The number of amides is 2. The normalized spacial score (nSPS) is 16.2. The number of hydrogen-bond donors (Lipinski definition) is 3. The highest BCUT2D eigenvalue weighted by molar-refractivity contribution is 5.92. The van der Waals surface area contributed by atoms with Crippen LogP contribution in [0.4, 0.5) is 13.2 Å². The summed E-state index contributed by atoms with van der Waals surface area (Å²) in [4.78, 5) is 50.2. The van der Waals surface area contributed by atoms with E-state index in [1.165, 1.54) is 18.2 Å². The first-order valence-corrected chi connectivity index (χ1v) is 8.88. The van der Waals surface area contributed by atoms with E-state index in [0.717, 1.165) is 16.7 Å². The third kappa shape index (κ3) is 5.27. The van der Waals surface area contributed by atoms with Gasteiger partial charge in [0.15, 0.2) is 0 Å². The average molecular weight is 426 g/mol. The van der Waals surface area contributed by atoms with Gasteiger partial charge in [0.25, 0.3) is 11.5 Å². The van der Waals surface area contributed by atoms with Crippen LogP contribution in [0, 0.1) is 0 Å². The lowest BCUT2D eigenvalue weighted by atomic mass is 10.2. The van der Waals surface area contributed by atoms with Crippen LogP contribution in [-0.4, -0.2) is 33.8 Å². The van der Waals surface area contributed by atoms with Crippen molar-refractivity contribution in [3.63, 3.8) is 0 Å². The summed E-state index contributed by atoms with van der Waals surface area (Å²) in [5, 5.41) is 4.96. The van der Waals surface area contributed by atoms with E-state index in [2.05, 4.69) is 20.4 Å². The smallest absolute Gasteiger partial charge is 0.405 e. The zero-order valence-electron chi connectivity index (χ0n) is 15.4. The second-order valence-corrected chi connectivity index (χ2v) is 6.58. The summed E-state index contributed by atoms with van der Waals surface area (Å²) in [6, 6.07) is 5.79. The number of nitrogens with zero attached hydrogens (tertiary/aromatic N) is 1. The standard InChI is InChI=1S/C18H17F3N4O5/c19-18(20,21)30-13-4-2-1-3-10(13)8-22-16(28)12-7-15(27)25(17(29)24-12)9-11-5-6-14(26)23-11/h1-4,7,11H,5-6,8-9H2,(H,22,28)(H,23,26)(H,24,29). The molecule has 1 aromatic carbocycles. The van der Waals surface area contributed by atoms with Gasteiger partial charge >= 0.3 is 12.1 Å². The summed E-state index contributed by atoms with van der Waals surface area (Å²) in [7, 11) is 0. The number of hydrogen-bond acceptors (Lipinski definition) is 5. The van der Waals surface area contributed by atoms with Gasteiger partial charge in [0.1, 0.15) is 11.4 Å². The minimum absolute atomic E-state index is 0.0377. The SMILES string of the molecule is O=C1CCC(Cn2c(=O)cc(C(=O)NCc3ccccc3OC(F)(F)F)[nH]c2=O)N1. The number of alkyl halides is 3. The lowest BCUT2D eigenvalue weighted by Gasteiger charge is -2.14. The Morgan fingerprint density at radius 2 is 1.97 bits per heavy atom.